The second-order valence-corrected chi connectivity index (χ2v) is 8.97. The largest absolute Gasteiger partial charge is 0.482 e. The molecule has 5 rings (SSSR count). The number of nitrogen functional groups attached to an aromatic ring is 1. The minimum Gasteiger partial charge on any atom is -0.482 e. The maximum atomic E-state index is 15.2. The number of aryl methyl sites for hydroxylation is 2. The normalized spacial score (nSPS) is 14.7. The Balaban J connectivity index is 1.92. The van der Waals surface area contributed by atoms with Gasteiger partial charge in [0.2, 0.25) is 5.78 Å². The van der Waals surface area contributed by atoms with Crippen molar-refractivity contribution in [3.05, 3.63) is 62.9 Å². The molecule has 1 aromatic carbocycles. The summed E-state index contributed by atoms with van der Waals surface area (Å²) in [5.74, 6) is -2.08. The molecule has 2 N–H and O–H groups in total. The fourth-order valence-corrected chi connectivity index (χ4v) is 4.91. The molecule has 1 aliphatic heterocycles. The molecule has 0 amide bonds. The highest BCUT2D eigenvalue weighted by Gasteiger charge is 2.32. The van der Waals surface area contributed by atoms with E-state index in [1.54, 1.807) is 13.8 Å². The van der Waals surface area contributed by atoms with Crippen molar-refractivity contribution in [1.82, 2.24) is 19.7 Å². The number of nitrogens with zero attached hydrogens (tertiary/aromatic N) is 5. The summed E-state index contributed by atoms with van der Waals surface area (Å²) in [5, 5.41) is 14.6. The third-order valence-electron chi connectivity index (χ3n) is 5.54. The molecule has 8 nitrogen and oxygen atoms in total. The Kier molecular flexibility index (Phi) is 4.91. The van der Waals surface area contributed by atoms with Crippen LogP contribution in [0.25, 0.3) is 22.4 Å². The number of carbonyl (C=O) groups excluding carboxylic acids is 1. The lowest BCUT2D eigenvalue weighted by Gasteiger charge is -2.20. The van der Waals surface area contributed by atoms with E-state index < -0.39 is 23.5 Å². The van der Waals surface area contributed by atoms with Crippen molar-refractivity contribution in [1.29, 1.82) is 5.26 Å². The zero-order valence-corrected chi connectivity index (χ0v) is 19.0. The van der Waals surface area contributed by atoms with Gasteiger partial charge in [-0.25, -0.2) is 18.7 Å². The molecule has 0 fully saturated rings. The van der Waals surface area contributed by atoms with Gasteiger partial charge >= 0.3 is 0 Å². The van der Waals surface area contributed by atoms with Crippen LogP contribution in [0.1, 0.15) is 44.7 Å². The number of ketones is 1. The van der Waals surface area contributed by atoms with Crippen LogP contribution in [0.4, 0.5) is 14.6 Å². The number of benzene rings is 1. The van der Waals surface area contributed by atoms with Crippen molar-refractivity contribution in [3.8, 4) is 34.2 Å². The first-order chi connectivity index (χ1) is 16.2. The Hall–Kier alpha value is -4.17. The van der Waals surface area contributed by atoms with Gasteiger partial charge in [-0.3, -0.25) is 9.48 Å². The van der Waals surface area contributed by atoms with Gasteiger partial charge in [-0.1, -0.05) is 0 Å². The van der Waals surface area contributed by atoms with Gasteiger partial charge in [0.1, 0.15) is 40.1 Å². The van der Waals surface area contributed by atoms with Crippen LogP contribution in [0.15, 0.2) is 24.4 Å². The first kappa shape index (κ1) is 21.7. The third kappa shape index (κ3) is 3.22. The molecule has 2 bridgehead atoms. The number of thiazole rings is 1. The predicted molar refractivity (Wildman–Crippen MR) is 120 cm³/mol. The number of anilines is 1. The number of fused-ring (bicyclic) bond motifs is 7. The van der Waals surface area contributed by atoms with E-state index in [1.165, 1.54) is 24.0 Å². The minimum absolute atomic E-state index is 0.0286. The summed E-state index contributed by atoms with van der Waals surface area (Å²) in [6.45, 7) is 3.28. The van der Waals surface area contributed by atoms with Crippen LogP contribution in [-0.4, -0.2) is 25.5 Å². The number of nitrogens with two attached hydrogens (primary N) is 1. The number of halogens is 2. The lowest BCUT2D eigenvalue weighted by atomic mass is 9.95. The van der Waals surface area contributed by atoms with E-state index in [9.17, 15) is 14.4 Å². The first-order valence-electron chi connectivity index (χ1n) is 10.1. The molecule has 0 aliphatic carbocycles. The summed E-state index contributed by atoms with van der Waals surface area (Å²) in [7, 11) is 1.54. The highest BCUT2D eigenvalue weighted by Crippen LogP contribution is 2.41. The first-order valence-corrected chi connectivity index (χ1v) is 10.9. The zero-order valence-electron chi connectivity index (χ0n) is 18.2. The fraction of sp³-hybridized carbons (Fsp3) is 0.174. The number of nitriles is 1. The van der Waals surface area contributed by atoms with Crippen molar-refractivity contribution in [2.45, 2.75) is 20.0 Å². The van der Waals surface area contributed by atoms with E-state index in [2.05, 4.69) is 21.1 Å². The minimum atomic E-state index is -0.888. The smallest absolute Gasteiger partial charge is 0.226 e. The summed E-state index contributed by atoms with van der Waals surface area (Å²) in [6.07, 6.45) is 0.534. The SMILES string of the molecule is Cc1nc2c(s1)C(=O)c1nn(C)c(C#N)c1-c1cnc(N)c(c1)O[C@H](C)c1cc(F)cc(F)c1-2. The van der Waals surface area contributed by atoms with Crippen molar-refractivity contribution < 1.29 is 18.3 Å². The average molecular weight is 478 g/mol. The molecule has 0 saturated heterocycles. The van der Waals surface area contributed by atoms with Gasteiger partial charge in [-0.15, -0.1) is 11.3 Å². The topological polar surface area (TPSA) is 120 Å². The number of pyridine rings is 1. The summed E-state index contributed by atoms with van der Waals surface area (Å²) >= 11 is 1.06. The third-order valence-corrected chi connectivity index (χ3v) is 6.51. The van der Waals surface area contributed by atoms with Gasteiger partial charge in [0.15, 0.2) is 11.6 Å². The Bertz CT molecular complexity index is 1550. The van der Waals surface area contributed by atoms with Crippen molar-refractivity contribution in [3.63, 3.8) is 0 Å². The van der Waals surface area contributed by atoms with Gasteiger partial charge in [-0.05, 0) is 26.0 Å². The number of hydrogen-bond acceptors (Lipinski definition) is 8. The molecule has 11 heteroatoms. The van der Waals surface area contributed by atoms with Crippen LogP contribution in [-0.2, 0) is 7.05 Å². The van der Waals surface area contributed by atoms with E-state index in [0.29, 0.717) is 10.6 Å². The molecule has 3 aromatic heterocycles. The summed E-state index contributed by atoms with van der Waals surface area (Å²) < 4.78 is 36.8. The lowest BCUT2D eigenvalue weighted by Crippen LogP contribution is -2.12. The van der Waals surface area contributed by atoms with Crippen LogP contribution < -0.4 is 10.5 Å². The molecule has 0 radical (unpaired) electrons. The molecule has 4 aromatic rings. The number of carbonyl (C=O) groups is 1. The summed E-state index contributed by atoms with van der Waals surface area (Å²) in [5.41, 5.74) is 6.90. The molecule has 0 unspecified atom stereocenters. The van der Waals surface area contributed by atoms with E-state index in [0.717, 1.165) is 23.5 Å². The van der Waals surface area contributed by atoms with Crippen LogP contribution in [0.3, 0.4) is 0 Å². The molecule has 1 atom stereocenters. The van der Waals surface area contributed by atoms with E-state index in [4.69, 9.17) is 10.5 Å². The van der Waals surface area contributed by atoms with Crippen molar-refractivity contribution in [2.75, 3.05) is 5.73 Å². The number of ether oxygens (including phenoxy) is 1. The standard InChI is InChI=1S/C23H16F2N6O2S/c1-9-13-5-12(24)6-14(25)18(13)20-22(34-10(2)29-20)21(32)19-17(15(7-26)31(3)30-19)11-4-16(33-9)23(27)28-8-11/h4-6,8-9H,1-3H3,(H2,27,28)/t9-/m1/s1. The highest BCUT2D eigenvalue weighted by atomic mass is 32.1. The van der Waals surface area contributed by atoms with E-state index >= 15 is 4.39 Å². The molecule has 0 saturated carbocycles. The molecule has 170 valence electrons. The van der Waals surface area contributed by atoms with Gasteiger partial charge in [0, 0.05) is 36.0 Å². The summed E-state index contributed by atoms with van der Waals surface area (Å²) in [6, 6.07) is 5.47. The monoisotopic (exact) mass is 478 g/mol. The van der Waals surface area contributed by atoms with Crippen LogP contribution >= 0.6 is 11.3 Å². The predicted octanol–water partition coefficient (Wildman–Crippen LogP) is 4.33. The molecular weight excluding hydrogens is 462 g/mol. The second-order valence-electron chi connectivity index (χ2n) is 7.77. The van der Waals surface area contributed by atoms with Crippen LogP contribution in [0, 0.1) is 29.9 Å². The molecule has 4 heterocycles. The lowest BCUT2D eigenvalue weighted by molar-refractivity contribution is 0.103. The quantitative estimate of drug-likeness (QED) is 0.399. The highest BCUT2D eigenvalue weighted by molar-refractivity contribution is 7.14. The summed E-state index contributed by atoms with van der Waals surface area (Å²) in [4.78, 5) is 22.5. The van der Waals surface area contributed by atoms with Crippen molar-refractivity contribution in [2.24, 2.45) is 7.05 Å². The maximum Gasteiger partial charge on any atom is 0.226 e. The van der Waals surface area contributed by atoms with E-state index in [-0.39, 0.29) is 50.2 Å². The zero-order chi connectivity index (χ0) is 24.3. The maximum absolute atomic E-state index is 15.2. The Morgan fingerprint density at radius 3 is 2.74 bits per heavy atom. The molecule has 1 aliphatic rings. The van der Waals surface area contributed by atoms with Gasteiger partial charge in [0.05, 0.1) is 16.3 Å². The van der Waals surface area contributed by atoms with Gasteiger partial charge in [-0.2, -0.15) is 10.4 Å². The fourth-order valence-electron chi connectivity index (χ4n) is 4.05. The number of hydrogen-bond donors (Lipinski definition) is 1. The molecular formula is C23H16F2N6O2S. The van der Waals surface area contributed by atoms with E-state index in [1.807, 2.05) is 0 Å². The number of aromatic nitrogens is 4. The number of rotatable bonds is 0. The average Bonchev–Trinajstić information content (AvgIpc) is 3.33. The Morgan fingerprint density at radius 1 is 1.24 bits per heavy atom. The second kappa shape index (κ2) is 7.71. The van der Waals surface area contributed by atoms with Crippen LogP contribution in [0.5, 0.6) is 5.75 Å². The van der Waals surface area contributed by atoms with Gasteiger partial charge in [0.25, 0.3) is 0 Å². The van der Waals surface area contributed by atoms with Crippen molar-refractivity contribution >= 4 is 22.9 Å². The van der Waals surface area contributed by atoms with Crippen LogP contribution in [0.2, 0.25) is 0 Å². The Morgan fingerprint density at radius 2 is 2.00 bits per heavy atom. The molecule has 0 spiro atoms. The molecule has 34 heavy (non-hydrogen) atoms. The van der Waals surface area contributed by atoms with Gasteiger partial charge < -0.3 is 10.5 Å². The Labute approximate surface area is 196 Å².